The van der Waals surface area contributed by atoms with Gasteiger partial charge in [-0.2, -0.15) is 0 Å². The molecular weight excluding hydrogens is 308 g/mol. The summed E-state index contributed by atoms with van der Waals surface area (Å²) in [6.45, 7) is 4.08. The number of rotatable bonds is 5. The predicted molar refractivity (Wildman–Crippen MR) is 93.1 cm³/mol. The number of fused-ring (bicyclic) bond motifs is 1. The lowest BCUT2D eigenvalue weighted by molar-refractivity contribution is 0.581. The van der Waals surface area contributed by atoms with E-state index in [4.69, 9.17) is 0 Å². The molecule has 0 fully saturated rings. The number of aryl methyl sites for hydroxylation is 2. The number of H-pyrrole nitrogens is 1. The van der Waals surface area contributed by atoms with Gasteiger partial charge >= 0.3 is 0 Å². The molecule has 1 heterocycles. The van der Waals surface area contributed by atoms with Crippen LogP contribution in [0.15, 0.2) is 53.6 Å². The Morgan fingerprint density at radius 3 is 2.70 bits per heavy atom. The molecule has 2 aromatic carbocycles. The van der Waals surface area contributed by atoms with E-state index in [1.807, 2.05) is 50.4 Å². The summed E-state index contributed by atoms with van der Waals surface area (Å²) in [5.74, 6) is 0. The largest absolute Gasteiger partial charge is 0.361 e. The molecule has 0 unspecified atom stereocenters. The summed E-state index contributed by atoms with van der Waals surface area (Å²) in [5, 5.41) is 1.16. The zero-order valence-electron chi connectivity index (χ0n) is 13.3. The van der Waals surface area contributed by atoms with Crippen molar-refractivity contribution in [3.05, 3.63) is 65.4 Å². The maximum Gasteiger partial charge on any atom is 0.240 e. The summed E-state index contributed by atoms with van der Waals surface area (Å²) in [5.41, 5.74) is 3.87. The second-order valence-electron chi connectivity index (χ2n) is 5.82. The summed E-state index contributed by atoms with van der Waals surface area (Å²) in [4.78, 5) is 3.53. The molecule has 5 heteroatoms. The van der Waals surface area contributed by atoms with Gasteiger partial charge in [0.25, 0.3) is 0 Å². The molecule has 0 bridgehead atoms. The van der Waals surface area contributed by atoms with E-state index in [0.29, 0.717) is 17.9 Å². The summed E-state index contributed by atoms with van der Waals surface area (Å²) >= 11 is 0. The third-order valence-corrected chi connectivity index (χ3v) is 5.56. The van der Waals surface area contributed by atoms with E-state index < -0.39 is 10.0 Å². The Labute approximate surface area is 136 Å². The van der Waals surface area contributed by atoms with Crippen LogP contribution in [-0.2, 0) is 16.4 Å². The third kappa shape index (κ3) is 3.46. The Balaban J connectivity index is 1.70. The molecule has 2 N–H and O–H groups in total. The fraction of sp³-hybridized carbons (Fsp3) is 0.222. The molecule has 0 amide bonds. The molecule has 3 aromatic rings. The molecule has 0 saturated carbocycles. The van der Waals surface area contributed by atoms with E-state index in [1.165, 1.54) is 0 Å². The van der Waals surface area contributed by atoms with Gasteiger partial charge < -0.3 is 4.98 Å². The minimum absolute atomic E-state index is 0.359. The average molecular weight is 328 g/mol. The minimum Gasteiger partial charge on any atom is -0.361 e. The van der Waals surface area contributed by atoms with E-state index >= 15 is 0 Å². The average Bonchev–Trinajstić information content (AvgIpc) is 2.97. The molecule has 4 nitrogen and oxygen atoms in total. The van der Waals surface area contributed by atoms with Crippen molar-refractivity contribution in [1.82, 2.24) is 9.71 Å². The van der Waals surface area contributed by atoms with E-state index in [1.54, 1.807) is 6.07 Å². The SMILES string of the molecule is Cc1ccc(C)c(S(=O)(=O)NCCc2ccc3cc[nH]c3c2)c1. The molecule has 3 rings (SSSR count). The summed E-state index contributed by atoms with van der Waals surface area (Å²) in [7, 11) is -3.47. The van der Waals surface area contributed by atoms with Gasteiger partial charge in [0.05, 0.1) is 4.90 Å². The third-order valence-electron chi connectivity index (χ3n) is 3.96. The van der Waals surface area contributed by atoms with Gasteiger partial charge in [0.2, 0.25) is 10.0 Å². The van der Waals surface area contributed by atoms with Gasteiger partial charge in [-0.05, 0) is 60.5 Å². The van der Waals surface area contributed by atoms with Crippen LogP contribution in [0.1, 0.15) is 16.7 Å². The number of aromatic amines is 1. The van der Waals surface area contributed by atoms with Crippen molar-refractivity contribution in [3.8, 4) is 0 Å². The minimum atomic E-state index is -3.47. The molecule has 0 radical (unpaired) electrons. The van der Waals surface area contributed by atoms with Crippen LogP contribution in [0.2, 0.25) is 0 Å². The summed E-state index contributed by atoms with van der Waals surface area (Å²) in [6, 6.07) is 13.6. The lowest BCUT2D eigenvalue weighted by Gasteiger charge is -2.10. The first-order chi connectivity index (χ1) is 11.0. The standard InChI is InChI=1S/C18H20N2O2S/c1-13-3-4-14(2)18(11-13)23(21,22)20-10-7-15-5-6-16-8-9-19-17(16)12-15/h3-6,8-9,11-12,19-20H,7,10H2,1-2H3. The number of hydrogen-bond acceptors (Lipinski definition) is 2. The molecule has 0 atom stereocenters. The number of sulfonamides is 1. The van der Waals surface area contributed by atoms with Gasteiger partial charge in [-0.1, -0.05) is 24.3 Å². The van der Waals surface area contributed by atoms with Crippen molar-refractivity contribution in [2.75, 3.05) is 6.54 Å². The predicted octanol–water partition coefficient (Wildman–Crippen LogP) is 3.31. The maximum atomic E-state index is 12.4. The zero-order chi connectivity index (χ0) is 16.4. The molecule has 0 aliphatic heterocycles. The second kappa shape index (κ2) is 6.18. The zero-order valence-corrected chi connectivity index (χ0v) is 14.1. The Kier molecular flexibility index (Phi) is 4.24. The van der Waals surface area contributed by atoms with Crippen molar-refractivity contribution in [2.45, 2.75) is 25.2 Å². The monoisotopic (exact) mass is 328 g/mol. The van der Waals surface area contributed by atoms with Gasteiger partial charge in [-0.25, -0.2) is 13.1 Å². The number of nitrogens with one attached hydrogen (secondary N) is 2. The molecule has 0 aliphatic carbocycles. The Morgan fingerprint density at radius 1 is 1.04 bits per heavy atom. The van der Waals surface area contributed by atoms with Crippen LogP contribution in [0.5, 0.6) is 0 Å². The van der Waals surface area contributed by atoms with Crippen LogP contribution in [0.4, 0.5) is 0 Å². The molecule has 0 aliphatic rings. The maximum absolute atomic E-state index is 12.4. The molecule has 23 heavy (non-hydrogen) atoms. The highest BCUT2D eigenvalue weighted by Crippen LogP contribution is 2.17. The normalized spacial score (nSPS) is 11.9. The second-order valence-corrected chi connectivity index (χ2v) is 7.55. The van der Waals surface area contributed by atoms with Gasteiger partial charge in [-0.15, -0.1) is 0 Å². The highest BCUT2D eigenvalue weighted by molar-refractivity contribution is 7.89. The number of benzene rings is 2. The van der Waals surface area contributed by atoms with Crippen LogP contribution in [0.25, 0.3) is 10.9 Å². The molecule has 120 valence electrons. The summed E-state index contributed by atoms with van der Waals surface area (Å²) in [6.07, 6.45) is 2.55. The van der Waals surface area contributed by atoms with Crippen molar-refractivity contribution in [2.24, 2.45) is 0 Å². The van der Waals surface area contributed by atoms with E-state index in [0.717, 1.165) is 27.6 Å². The Bertz CT molecular complexity index is 943. The fourth-order valence-electron chi connectivity index (χ4n) is 2.65. The van der Waals surface area contributed by atoms with Gasteiger partial charge in [0.1, 0.15) is 0 Å². The number of aromatic nitrogens is 1. The van der Waals surface area contributed by atoms with Gasteiger partial charge in [-0.3, -0.25) is 0 Å². The first-order valence-corrected chi connectivity index (χ1v) is 9.07. The van der Waals surface area contributed by atoms with Gasteiger partial charge in [0.15, 0.2) is 0 Å². The van der Waals surface area contributed by atoms with Gasteiger partial charge in [0, 0.05) is 18.3 Å². The Morgan fingerprint density at radius 2 is 1.87 bits per heavy atom. The molecule has 0 saturated heterocycles. The van der Waals surface area contributed by atoms with Crippen LogP contribution in [0.3, 0.4) is 0 Å². The quantitative estimate of drug-likeness (QED) is 0.755. The smallest absolute Gasteiger partial charge is 0.240 e. The lowest BCUT2D eigenvalue weighted by Crippen LogP contribution is -2.26. The van der Waals surface area contributed by atoms with E-state index in [-0.39, 0.29) is 0 Å². The highest BCUT2D eigenvalue weighted by Gasteiger charge is 2.16. The highest BCUT2D eigenvalue weighted by atomic mass is 32.2. The molecule has 0 spiro atoms. The van der Waals surface area contributed by atoms with Crippen molar-refractivity contribution < 1.29 is 8.42 Å². The van der Waals surface area contributed by atoms with E-state index in [9.17, 15) is 8.42 Å². The van der Waals surface area contributed by atoms with Crippen LogP contribution < -0.4 is 4.72 Å². The number of hydrogen-bond donors (Lipinski definition) is 2. The van der Waals surface area contributed by atoms with Crippen molar-refractivity contribution in [3.63, 3.8) is 0 Å². The van der Waals surface area contributed by atoms with Crippen LogP contribution in [0, 0.1) is 13.8 Å². The summed E-state index contributed by atoms with van der Waals surface area (Å²) < 4.78 is 27.6. The molecule has 1 aromatic heterocycles. The van der Waals surface area contributed by atoms with Crippen LogP contribution in [-0.4, -0.2) is 19.9 Å². The fourth-order valence-corrected chi connectivity index (χ4v) is 4.01. The van der Waals surface area contributed by atoms with Crippen molar-refractivity contribution in [1.29, 1.82) is 0 Å². The van der Waals surface area contributed by atoms with E-state index in [2.05, 4.69) is 15.8 Å². The first-order valence-electron chi connectivity index (χ1n) is 7.59. The topological polar surface area (TPSA) is 62.0 Å². The Hall–Kier alpha value is -2.11. The van der Waals surface area contributed by atoms with Crippen molar-refractivity contribution >= 4 is 20.9 Å². The van der Waals surface area contributed by atoms with Crippen LogP contribution >= 0.6 is 0 Å². The first kappa shape index (κ1) is 15.8. The molecular formula is C18H20N2O2S. The lowest BCUT2D eigenvalue weighted by atomic mass is 10.1.